The molecule has 4 rings (SSSR count). The number of ketones is 2. The predicted molar refractivity (Wildman–Crippen MR) is 114 cm³/mol. The van der Waals surface area contributed by atoms with Crippen molar-refractivity contribution >= 4 is 21.6 Å². The Balaban J connectivity index is 1.63. The van der Waals surface area contributed by atoms with Crippen molar-refractivity contribution in [3.05, 3.63) is 101 Å². The molecule has 5 nitrogen and oxygen atoms in total. The molecule has 0 aromatic heterocycles. The van der Waals surface area contributed by atoms with Crippen molar-refractivity contribution in [1.82, 2.24) is 4.72 Å². The van der Waals surface area contributed by atoms with Crippen molar-refractivity contribution in [3.8, 4) is 0 Å². The van der Waals surface area contributed by atoms with Gasteiger partial charge in [-0.3, -0.25) is 9.59 Å². The number of carbonyl (C=O) groups excluding carboxylic acids is 2. The number of rotatable bonds is 6. The Hall–Kier alpha value is -3.09. The van der Waals surface area contributed by atoms with Gasteiger partial charge in [0.2, 0.25) is 10.0 Å². The Labute approximate surface area is 175 Å². The minimum absolute atomic E-state index is 0.0519. The van der Waals surface area contributed by atoms with Crippen molar-refractivity contribution in [2.45, 2.75) is 30.7 Å². The van der Waals surface area contributed by atoms with Crippen LogP contribution in [0, 0.1) is 0 Å². The topological polar surface area (TPSA) is 80.3 Å². The van der Waals surface area contributed by atoms with Crippen LogP contribution in [-0.4, -0.2) is 26.0 Å². The summed E-state index contributed by atoms with van der Waals surface area (Å²) in [7, 11) is -3.99. The average molecular weight is 420 g/mol. The first-order valence-corrected chi connectivity index (χ1v) is 11.2. The third kappa shape index (κ3) is 3.72. The maximum atomic E-state index is 13.1. The zero-order valence-electron chi connectivity index (χ0n) is 16.5. The molecule has 1 aliphatic rings. The lowest BCUT2D eigenvalue weighted by Crippen LogP contribution is -2.35. The largest absolute Gasteiger partial charge is 0.289 e. The molecule has 30 heavy (non-hydrogen) atoms. The molecule has 0 amide bonds. The molecule has 6 heteroatoms. The number of sulfonamides is 1. The fraction of sp³-hybridized carbons (Fsp3) is 0.167. The quantitative estimate of drug-likeness (QED) is 0.516. The molecule has 3 aromatic carbocycles. The Morgan fingerprint density at radius 2 is 1.37 bits per heavy atom. The maximum absolute atomic E-state index is 13.1. The van der Waals surface area contributed by atoms with Crippen LogP contribution in [0.25, 0.3) is 0 Å². The van der Waals surface area contributed by atoms with E-state index in [0.717, 1.165) is 12.0 Å². The van der Waals surface area contributed by atoms with Crippen molar-refractivity contribution in [2.75, 3.05) is 0 Å². The summed E-state index contributed by atoms with van der Waals surface area (Å²) in [5, 5.41) is 0. The Kier molecular flexibility index (Phi) is 5.37. The van der Waals surface area contributed by atoms with Gasteiger partial charge in [0.25, 0.3) is 0 Å². The van der Waals surface area contributed by atoms with E-state index >= 15 is 0 Å². The molecule has 0 spiro atoms. The summed E-state index contributed by atoms with van der Waals surface area (Å²) < 4.78 is 28.9. The standard InChI is InChI=1S/C24H21NO4S/c1-16(14-15-17-8-3-2-4-9-17)25-30(28,29)21-13-7-12-20-22(21)24(27)19-11-6-5-10-18(19)23(20)26/h2-13,16,25H,14-15H2,1H3. The molecule has 1 atom stereocenters. The zero-order chi connectivity index (χ0) is 21.3. The second-order valence-electron chi connectivity index (χ2n) is 7.43. The molecule has 0 heterocycles. The van der Waals surface area contributed by atoms with E-state index in [-0.39, 0.29) is 33.4 Å². The van der Waals surface area contributed by atoms with Crippen LogP contribution < -0.4 is 4.72 Å². The first kappa shape index (κ1) is 20.2. The van der Waals surface area contributed by atoms with Gasteiger partial charge in [-0.25, -0.2) is 13.1 Å². The summed E-state index contributed by atoms with van der Waals surface area (Å²) in [6.07, 6.45) is 1.33. The van der Waals surface area contributed by atoms with Gasteiger partial charge in [0.1, 0.15) is 0 Å². The van der Waals surface area contributed by atoms with Crippen LogP contribution in [0.4, 0.5) is 0 Å². The molecular weight excluding hydrogens is 398 g/mol. The van der Waals surface area contributed by atoms with Gasteiger partial charge in [0.15, 0.2) is 11.6 Å². The maximum Gasteiger partial charge on any atom is 0.241 e. The number of hydrogen-bond acceptors (Lipinski definition) is 4. The first-order valence-electron chi connectivity index (χ1n) is 9.76. The highest BCUT2D eigenvalue weighted by Gasteiger charge is 2.34. The van der Waals surface area contributed by atoms with Gasteiger partial charge in [-0.2, -0.15) is 0 Å². The van der Waals surface area contributed by atoms with Gasteiger partial charge in [-0.05, 0) is 31.4 Å². The summed E-state index contributed by atoms with van der Waals surface area (Å²) in [4.78, 5) is 25.8. The SMILES string of the molecule is CC(CCc1ccccc1)NS(=O)(=O)c1cccc2c1C(=O)c1ccccc1C2=O. The first-order chi connectivity index (χ1) is 14.4. The van der Waals surface area contributed by atoms with Crippen molar-refractivity contribution in [3.63, 3.8) is 0 Å². The minimum atomic E-state index is -3.99. The third-order valence-electron chi connectivity index (χ3n) is 5.27. The van der Waals surface area contributed by atoms with E-state index in [9.17, 15) is 18.0 Å². The lowest BCUT2D eigenvalue weighted by molar-refractivity contribution is 0.0976. The number of aryl methyl sites for hydroxylation is 1. The molecular formula is C24H21NO4S. The van der Waals surface area contributed by atoms with E-state index in [2.05, 4.69) is 4.72 Å². The van der Waals surface area contributed by atoms with Crippen LogP contribution in [0.1, 0.15) is 50.8 Å². The second kappa shape index (κ2) is 7.97. The summed E-state index contributed by atoms with van der Waals surface area (Å²) in [6.45, 7) is 1.79. The van der Waals surface area contributed by atoms with E-state index in [1.54, 1.807) is 31.2 Å². The number of hydrogen-bond donors (Lipinski definition) is 1. The third-order valence-corrected chi connectivity index (χ3v) is 6.90. The van der Waals surface area contributed by atoms with E-state index in [1.807, 2.05) is 30.3 Å². The molecule has 0 aliphatic heterocycles. The molecule has 1 N–H and O–H groups in total. The minimum Gasteiger partial charge on any atom is -0.289 e. The number of nitrogens with one attached hydrogen (secondary N) is 1. The van der Waals surface area contributed by atoms with Gasteiger partial charge >= 0.3 is 0 Å². The van der Waals surface area contributed by atoms with Crippen molar-refractivity contribution in [1.29, 1.82) is 0 Å². The van der Waals surface area contributed by atoms with Crippen molar-refractivity contribution in [2.24, 2.45) is 0 Å². The Morgan fingerprint density at radius 1 is 0.767 bits per heavy atom. The highest BCUT2D eigenvalue weighted by molar-refractivity contribution is 7.89. The highest BCUT2D eigenvalue weighted by Crippen LogP contribution is 2.31. The fourth-order valence-electron chi connectivity index (χ4n) is 3.75. The lowest BCUT2D eigenvalue weighted by atomic mass is 9.84. The van der Waals surface area contributed by atoms with Gasteiger partial charge in [0.05, 0.1) is 10.5 Å². The summed E-state index contributed by atoms with van der Waals surface area (Å²) in [5.41, 5.74) is 1.73. The monoisotopic (exact) mass is 419 g/mol. The lowest BCUT2D eigenvalue weighted by Gasteiger charge is -2.21. The van der Waals surface area contributed by atoms with Crippen LogP contribution in [-0.2, 0) is 16.4 Å². The summed E-state index contributed by atoms with van der Waals surface area (Å²) >= 11 is 0. The Morgan fingerprint density at radius 3 is 2.07 bits per heavy atom. The van der Waals surface area contributed by atoms with E-state index in [4.69, 9.17) is 0 Å². The van der Waals surface area contributed by atoms with Crippen LogP contribution in [0.5, 0.6) is 0 Å². The van der Waals surface area contributed by atoms with Crippen molar-refractivity contribution < 1.29 is 18.0 Å². The molecule has 1 unspecified atom stereocenters. The van der Waals surface area contributed by atoms with Crippen LogP contribution in [0.3, 0.4) is 0 Å². The number of carbonyl (C=O) groups is 2. The molecule has 0 saturated carbocycles. The molecule has 3 aromatic rings. The average Bonchev–Trinajstić information content (AvgIpc) is 2.76. The summed E-state index contributed by atoms with van der Waals surface area (Å²) in [5.74, 6) is -0.785. The normalized spacial score (nSPS) is 14.2. The smallest absolute Gasteiger partial charge is 0.241 e. The summed E-state index contributed by atoms with van der Waals surface area (Å²) in [6, 6.07) is 20.4. The zero-order valence-corrected chi connectivity index (χ0v) is 17.3. The molecule has 0 saturated heterocycles. The molecule has 0 radical (unpaired) electrons. The predicted octanol–water partition coefficient (Wildman–Crippen LogP) is 3.76. The molecule has 1 aliphatic carbocycles. The number of benzene rings is 3. The highest BCUT2D eigenvalue weighted by atomic mass is 32.2. The molecule has 152 valence electrons. The van der Waals surface area contributed by atoms with Gasteiger partial charge < -0.3 is 0 Å². The van der Waals surface area contributed by atoms with Gasteiger partial charge in [0, 0.05) is 22.7 Å². The second-order valence-corrected chi connectivity index (χ2v) is 9.11. The molecule has 0 bridgehead atoms. The Bertz CT molecular complexity index is 1230. The van der Waals surface area contributed by atoms with Gasteiger partial charge in [-0.1, -0.05) is 66.7 Å². The van der Waals surface area contributed by atoms with Crippen LogP contribution in [0.15, 0.2) is 77.7 Å². The van der Waals surface area contributed by atoms with E-state index in [0.29, 0.717) is 12.0 Å². The van der Waals surface area contributed by atoms with E-state index < -0.39 is 15.8 Å². The van der Waals surface area contributed by atoms with Crippen LogP contribution in [0.2, 0.25) is 0 Å². The fourth-order valence-corrected chi connectivity index (χ4v) is 5.26. The number of fused-ring (bicyclic) bond motifs is 2. The van der Waals surface area contributed by atoms with Crippen LogP contribution >= 0.6 is 0 Å². The van der Waals surface area contributed by atoms with Gasteiger partial charge in [-0.15, -0.1) is 0 Å². The molecule has 0 fully saturated rings. The van der Waals surface area contributed by atoms with E-state index in [1.165, 1.54) is 18.2 Å².